The molecule has 1 aliphatic heterocycles. The third-order valence-corrected chi connectivity index (χ3v) is 3.74. The normalized spacial score (nSPS) is 24.9. The van der Waals surface area contributed by atoms with Crippen LogP contribution in [0.3, 0.4) is 0 Å². The van der Waals surface area contributed by atoms with Gasteiger partial charge in [0.2, 0.25) is 0 Å². The van der Waals surface area contributed by atoms with E-state index in [9.17, 15) is 9.59 Å². The van der Waals surface area contributed by atoms with Gasteiger partial charge >= 0.3 is 12.1 Å². The minimum atomic E-state index is -1.02. The summed E-state index contributed by atoms with van der Waals surface area (Å²) in [4.78, 5) is 24.2. The van der Waals surface area contributed by atoms with E-state index in [-0.39, 0.29) is 12.1 Å². The predicted octanol–water partition coefficient (Wildman–Crippen LogP) is 1.37. The smallest absolute Gasteiger partial charge is 0.404 e. The molecule has 3 N–H and O–H groups in total. The summed E-state index contributed by atoms with van der Waals surface area (Å²) in [6.45, 7) is 1.11. The van der Waals surface area contributed by atoms with Crippen LogP contribution >= 0.6 is 0 Å². The Morgan fingerprint density at radius 3 is 2.39 bits per heavy atom. The molecule has 102 valence electrons. The summed E-state index contributed by atoms with van der Waals surface area (Å²) in [5.74, 6) is 0. The number of nitrogens with one attached hydrogen (secondary N) is 2. The molecule has 0 bridgehead atoms. The van der Waals surface area contributed by atoms with Gasteiger partial charge in [0.05, 0.1) is 6.04 Å². The molecule has 0 radical (unpaired) electrons. The number of likely N-dealkylation sites (tertiary alicyclic amines) is 1. The van der Waals surface area contributed by atoms with E-state index in [1.807, 2.05) is 0 Å². The summed E-state index contributed by atoms with van der Waals surface area (Å²) < 4.78 is 0. The first kappa shape index (κ1) is 13.0. The fraction of sp³-hybridized carbons (Fsp3) is 0.833. The van der Waals surface area contributed by atoms with Gasteiger partial charge in [-0.25, -0.2) is 9.59 Å². The van der Waals surface area contributed by atoms with Gasteiger partial charge in [-0.15, -0.1) is 0 Å². The van der Waals surface area contributed by atoms with Crippen LogP contribution in [0.25, 0.3) is 0 Å². The number of carbonyl (C=O) groups is 2. The highest BCUT2D eigenvalue weighted by Gasteiger charge is 2.28. The molecule has 0 aromatic carbocycles. The minimum Gasteiger partial charge on any atom is -0.465 e. The molecule has 6 nitrogen and oxygen atoms in total. The summed E-state index contributed by atoms with van der Waals surface area (Å²) in [6, 6.07) is 0.133. The molecule has 2 fully saturated rings. The first-order chi connectivity index (χ1) is 8.65. The number of carboxylic acid groups (broad SMARTS) is 1. The van der Waals surface area contributed by atoms with Crippen molar-refractivity contribution in [3.05, 3.63) is 0 Å². The van der Waals surface area contributed by atoms with E-state index < -0.39 is 6.09 Å². The zero-order valence-electron chi connectivity index (χ0n) is 10.5. The Balaban J connectivity index is 1.74. The van der Waals surface area contributed by atoms with Gasteiger partial charge in [-0.3, -0.25) is 0 Å². The van der Waals surface area contributed by atoms with Crippen molar-refractivity contribution in [1.29, 1.82) is 0 Å². The van der Waals surface area contributed by atoms with Crippen LogP contribution < -0.4 is 10.6 Å². The molecule has 1 saturated heterocycles. The second kappa shape index (κ2) is 5.93. The Hall–Kier alpha value is -1.46. The first-order valence-corrected chi connectivity index (χ1v) is 6.70. The molecule has 1 aliphatic carbocycles. The Bertz CT molecular complexity index is 316. The third-order valence-electron chi connectivity index (χ3n) is 3.74. The van der Waals surface area contributed by atoms with Gasteiger partial charge in [-0.2, -0.15) is 0 Å². The van der Waals surface area contributed by atoms with Gasteiger partial charge in [0.15, 0.2) is 0 Å². The van der Waals surface area contributed by atoms with E-state index in [4.69, 9.17) is 5.11 Å². The number of urea groups is 1. The SMILES string of the molecule is O=C(O)N[C@H]1CCN(C(=O)NC2CCCCC2)C1. The van der Waals surface area contributed by atoms with E-state index >= 15 is 0 Å². The predicted molar refractivity (Wildman–Crippen MR) is 66.5 cm³/mol. The monoisotopic (exact) mass is 255 g/mol. The van der Waals surface area contributed by atoms with Crippen molar-refractivity contribution in [1.82, 2.24) is 15.5 Å². The molecule has 1 atom stereocenters. The quantitative estimate of drug-likeness (QED) is 0.697. The first-order valence-electron chi connectivity index (χ1n) is 6.70. The minimum absolute atomic E-state index is 0.0448. The summed E-state index contributed by atoms with van der Waals surface area (Å²) in [7, 11) is 0. The van der Waals surface area contributed by atoms with Crippen molar-refractivity contribution in [2.75, 3.05) is 13.1 Å². The lowest BCUT2D eigenvalue weighted by Crippen LogP contribution is -2.46. The van der Waals surface area contributed by atoms with E-state index in [1.165, 1.54) is 19.3 Å². The largest absolute Gasteiger partial charge is 0.465 e. The van der Waals surface area contributed by atoms with Crippen LogP contribution in [0.4, 0.5) is 9.59 Å². The molecule has 1 saturated carbocycles. The molecular formula is C12H21N3O3. The second-order valence-electron chi connectivity index (χ2n) is 5.17. The molecule has 6 heteroatoms. The fourth-order valence-electron chi connectivity index (χ4n) is 2.75. The standard InChI is InChI=1S/C12H21N3O3/c16-11(13-9-4-2-1-3-5-9)15-7-6-10(8-15)14-12(17)18/h9-10,14H,1-8H2,(H,13,16)(H,17,18)/t10-/m0/s1. The third kappa shape index (κ3) is 3.51. The molecule has 2 aliphatic rings. The van der Waals surface area contributed by atoms with Crippen LogP contribution in [0, 0.1) is 0 Å². The molecule has 0 unspecified atom stereocenters. The Morgan fingerprint density at radius 2 is 1.72 bits per heavy atom. The van der Waals surface area contributed by atoms with Gasteiger partial charge in [-0.05, 0) is 19.3 Å². The lowest BCUT2D eigenvalue weighted by atomic mass is 9.96. The summed E-state index contributed by atoms with van der Waals surface area (Å²) in [5, 5.41) is 14.1. The van der Waals surface area contributed by atoms with Gasteiger partial charge in [0, 0.05) is 19.1 Å². The Morgan fingerprint density at radius 1 is 1.00 bits per heavy atom. The van der Waals surface area contributed by atoms with Gasteiger partial charge in [-0.1, -0.05) is 19.3 Å². The van der Waals surface area contributed by atoms with Crippen molar-refractivity contribution in [3.63, 3.8) is 0 Å². The van der Waals surface area contributed by atoms with Crippen LogP contribution in [-0.4, -0.2) is 47.3 Å². The highest BCUT2D eigenvalue weighted by atomic mass is 16.4. The number of hydrogen-bond donors (Lipinski definition) is 3. The lowest BCUT2D eigenvalue weighted by molar-refractivity contribution is 0.186. The van der Waals surface area contributed by atoms with Crippen molar-refractivity contribution < 1.29 is 14.7 Å². The molecule has 3 amide bonds. The van der Waals surface area contributed by atoms with E-state index in [2.05, 4.69) is 10.6 Å². The zero-order chi connectivity index (χ0) is 13.0. The van der Waals surface area contributed by atoms with Crippen LogP contribution in [0.5, 0.6) is 0 Å². The molecule has 2 rings (SSSR count). The van der Waals surface area contributed by atoms with Crippen molar-refractivity contribution in [3.8, 4) is 0 Å². The molecule has 0 aromatic heterocycles. The highest BCUT2D eigenvalue weighted by Crippen LogP contribution is 2.18. The molecule has 18 heavy (non-hydrogen) atoms. The van der Waals surface area contributed by atoms with Crippen molar-refractivity contribution in [2.24, 2.45) is 0 Å². The Kier molecular flexibility index (Phi) is 4.28. The number of nitrogens with zero attached hydrogens (tertiary/aromatic N) is 1. The van der Waals surface area contributed by atoms with E-state index in [0.29, 0.717) is 25.6 Å². The number of amides is 3. The molecule has 0 spiro atoms. The number of carbonyl (C=O) groups excluding carboxylic acids is 1. The van der Waals surface area contributed by atoms with Gasteiger partial charge in [0.1, 0.15) is 0 Å². The molecule has 0 aromatic rings. The van der Waals surface area contributed by atoms with E-state index in [1.54, 1.807) is 4.90 Å². The van der Waals surface area contributed by atoms with Crippen LogP contribution in [-0.2, 0) is 0 Å². The lowest BCUT2D eigenvalue weighted by Gasteiger charge is -2.26. The highest BCUT2D eigenvalue weighted by molar-refractivity contribution is 5.75. The average molecular weight is 255 g/mol. The number of rotatable bonds is 2. The molecule has 1 heterocycles. The zero-order valence-corrected chi connectivity index (χ0v) is 10.5. The van der Waals surface area contributed by atoms with Crippen molar-refractivity contribution in [2.45, 2.75) is 50.6 Å². The maximum Gasteiger partial charge on any atom is 0.404 e. The van der Waals surface area contributed by atoms with Crippen molar-refractivity contribution >= 4 is 12.1 Å². The summed E-state index contributed by atoms with van der Waals surface area (Å²) in [6.07, 6.45) is 5.45. The summed E-state index contributed by atoms with van der Waals surface area (Å²) in [5.41, 5.74) is 0. The Labute approximate surface area is 107 Å². The molecular weight excluding hydrogens is 234 g/mol. The topological polar surface area (TPSA) is 81.7 Å². The van der Waals surface area contributed by atoms with E-state index in [0.717, 1.165) is 12.8 Å². The van der Waals surface area contributed by atoms with Crippen LogP contribution in [0.2, 0.25) is 0 Å². The fourth-order valence-corrected chi connectivity index (χ4v) is 2.75. The average Bonchev–Trinajstić information content (AvgIpc) is 2.78. The van der Waals surface area contributed by atoms with Gasteiger partial charge in [0.25, 0.3) is 0 Å². The number of hydrogen-bond acceptors (Lipinski definition) is 2. The maximum absolute atomic E-state index is 12.0. The van der Waals surface area contributed by atoms with Gasteiger partial charge < -0.3 is 20.6 Å². The van der Waals surface area contributed by atoms with Crippen LogP contribution in [0.15, 0.2) is 0 Å². The summed E-state index contributed by atoms with van der Waals surface area (Å²) >= 11 is 0. The maximum atomic E-state index is 12.0. The second-order valence-corrected chi connectivity index (χ2v) is 5.17. The van der Waals surface area contributed by atoms with Crippen LogP contribution in [0.1, 0.15) is 38.5 Å².